The molecule has 0 saturated heterocycles. The number of benzene rings is 4. The molecule has 6 rings (SSSR count). The lowest BCUT2D eigenvalue weighted by Gasteiger charge is -2.26. The summed E-state index contributed by atoms with van der Waals surface area (Å²) in [7, 11) is 3.14. The lowest BCUT2D eigenvalue weighted by Crippen LogP contribution is -2.40. The first-order chi connectivity index (χ1) is 22.9. The minimum atomic E-state index is -0.809. The molecule has 8 nitrogen and oxygen atoms in total. The molecule has 238 valence electrons. The summed E-state index contributed by atoms with van der Waals surface area (Å²) in [5.41, 5.74) is 3.55. The molecular weight excluding hydrogens is 636 g/mol. The van der Waals surface area contributed by atoms with Crippen LogP contribution in [-0.2, 0) is 16.1 Å². The number of carbonyl (C=O) groups excluding carboxylic acids is 1. The summed E-state index contributed by atoms with van der Waals surface area (Å²) in [5.74, 6) is 1.13. The van der Waals surface area contributed by atoms with E-state index in [0.717, 1.165) is 16.7 Å². The van der Waals surface area contributed by atoms with Crippen molar-refractivity contribution in [2.75, 3.05) is 20.8 Å². The van der Waals surface area contributed by atoms with Crippen molar-refractivity contribution in [3.63, 3.8) is 0 Å². The third-order valence-corrected chi connectivity index (χ3v) is 8.81. The van der Waals surface area contributed by atoms with Gasteiger partial charge in [-0.05, 0) is 66.1 Å². The molecule has 47 heavy (non-hydrogen) atoms. The lowest BCUT2D eigenvalue weighted by molar-refractivity contribution is -0.138. The summed E-state index contributed by atoms with van der Waals surface area (Å²) >= 11 is 7.25. The van der Waals surface area contributed by atoms with Crippen LogP contribution in [0.2, 0.25) is 5.02 Å². The highest BCUT2D eigenvalue weighted by Gasteiger charge is 2.35. The van der Waals surface area contributed by atoms with Crippen molar-refractivity contribution in [2.45, 2.75) is 19.6 Å². The molecule has 0 spiro atoms. The molecule has 2 heterocycles. The summed E-state index contributed by atoms with van der Waals surface area (Å²) in [6, 6.07) is 28.9. The second-order valence-corrected chi connectivity index (χ2v) is 12.0. The van der Waals surface area contributed by atoms with Gasteiger partial charge in [0.05, 0.1) is 42.7 Å². The van der Waals surface area contributed by atoms with Gasteiger partial charge in [-0.25, -0.2) is 9.79 Å². The Morgan fingerprint density at radius 3 is 2.45 bits per heavy atom. The number of hydrogen-bond donors (Lipinski definition) is 0. The van der Waals surface area contributed by atoms with Gasteiger partial charge in [-0.3, -0.25) is 9.36 Å². The largest absolute Gasteiger partial charge is 0.497 e. The zero-order chi connectivity index (χ0) is 32.9. The Labute approximate surface area is 280 Å². The van der Waals surface area contributed by atoms with Gasteiger partial charge in [-0.15, -0.1) is 0 Å². The monoisotopic (exact) mass is 666 g/mol. The van der Waals surface area contributed by atoms with Crippen LogP contribution in [0.25, 0.3) is 11.8 Å². The Morgan fingerprint density at radius 1 is 0.936 bits per heavy atom. The smallest absolute Gasteiger partial charge is 0.338 e. The third-order valence-electron chi connectivity index (χ3n) is 7.58. The molecule has 1 aliphatic heterocycles. The highest BCUT2D eigenvalue weighted by atomic mass is 35.5. The minimum Gasteiger partial charge on any atom is -0.497 e. The first kappa shape index (κ1) is 31.8. The maximum absolute atomic E-state index is 14.2. The molecule has 5 aromatic rings. The second kappa shape index (κ2) is 14.1. The zero-order valence-corrected chi connectivity index (χ0v) is 27.5. The van der Waals surface area contributed by atoms with E-state index in [2.05, 4.69) is 0 Å². The Hall–Kier alpha value is -5.12. The molecule has 1 atom stereocenters. The lowest BCUT2D eigenvalue weighted by atomic mass is 9.93. The van der Waals surface area contributed by atoms with Crippen molar-refractivity contribution in [2.24, 2.45) is 4.99 Å². The Morgan fingerprint density at radius 2 is 1.72 bits per heavy atom. The van der Waals surface area contributed by atoms with Gasteiger partial charge in [-0.1, -0.05) is 83.6 Å². The SMILES string of the molecule is CCOC(=O)C1=C(c2ccccc2)N=c2s/c(=C\c3ccc(OCc4ccc(Cl)cc4)c(OC)c3)c(=O)n2C1c1cccc(OC)c1. The Balaban J connectivity index is 1.47. The maximum Gasteiger partial charge on any atom is 0.338 e. The fraction of sp³-hybridized carbons (Fsp3) is 0.162. The molecular formula is C37H31ClN2O6S. The maximum atomic E-state index is 14.2. The Bertz CT molecular complexity index is 2140. The van der Waals surface area contributed by atoms with E-state index >= 15 is 0 Å². The molecule has 10 heteroatoms. The number of aromatic nitrogens is 1. The van der Waals surface area contributed by atoms with Gasteiger partial charge in [0.25, 0.3) is 5.56 Å². The molecule has 0 amide bonds. The van der Waals surface area contributed by atoms with Crippen LogP contribution in [0, 0.1) is 0 Å². The quantitative estimate of drug-likeness (QED) is 0.165. The molecule has 1 unspecified atom stereocenters. The summed E-state index contributed by atoms with van der Waals surface area (Å²) in [6.07, 6.45) is 1.79. The van der Waals surface area contributed by atoms with Crippen LogP contribution in [-0.4, -0.2) is 31.4 Å². The van der Waals surface area contributed by atoms with Crippen molar-refractivity contribution < 1.29 is 23.7 Å². The second-order valence-electron chi connectivity index (χ2n) is 10.5. The van der Waals surface area contributed by atoms with Crippen LogP contribution in [0.1, 0.15) is 35.2 Å². The number of halogens is 1. The summed E-state index contributed by atoms with van der Waals surface area (Å²) < 4.78 is 24.7. The number of ether oxygens (including phenoxy) is 4. The fourth-order valence-electron chi connectivity index (χ4n) is 5.35. The third kappa shape index (κ3) is 6.72. The van der Waals surface area contributed by atoms with Gasteiger partial charge in [0.15, 0.2) is 16.3 Å². The van der Waals surface area contributed by atoms with Gasteiger partial charge in [0.2, 0.25) is 0 Å². The van der Waals surface area contributed by atoms with E-state index in [-0.39, 0.29) is 17.7 Å². The fourth-order valence-corrected chi connectivity index (χ4v) is 6.48. The van der Waals surface area contributed by atoms with Crippen molar-refractivity contribution >= 4 is 40.7 Å². The van der Waals surface area contributed by atoms with Crippen LogP contribution in [0.15, 0.2) is 112 Å². The van der Waals surface area contributed by atoms with Crippen molar-refractivity contribution in [1.29, 1.82) is 0 Å². The van der Waals surface area contributed by atoms with Gasteiger partial charge >= 0.3 is 5.97 Å². The molecule has 0 saturated carbocycles. The average molecular weight is 667 g/mol. The topological polar surface area (TPSA) is 88.4 Å². The molecule has 4 aromatic carbocycles. The van der Waals surface area contributed by atoms with E-state index in [4.69, 9.17) is 35.5 Å². The van der Waals surface area contributed by atoms with E-state index in [0.29, 0.717) is 49.5 Å². The number of hydrogen-bond acceptors (Lipinski definition) is 8. The first-order valence-corrected chi connectivity index (χ1v) is 16.1. The highest BCUT2D eigenvalue weighted by molar-refractivity contribution is 7.07. The number of fused-ring (bicyclic) bond motifs is 1. The predicted octanol–water partition coefficient (Wildman–Crippen LogP) is 6.19. The van der Waals surface area contributed by atoms with Crippen molar-refractivity contribution in [3.05, 3.63) is 150 Å². The van der Waals surface area contributed by atoms with E-state index in [1.807, 2.05) is 97.1 Å². The van der Waals surface area contributed by atoms with E-state index in [9.17, 15) is 9.59 Å². The van der Waals surface area contributed by atoms with E-state index in [1.54, 1.807) is 31.8 Å². The van der Waals surface area contributed by atoms with Crippen LogP contribution in [0.5, 0.6) is 17.2 Å². The minimum absolute atomic E-state index is 0.168. The molecule has 0 bridgehead atoms. The standard InChI is InChI=1S/C37H31ClN2O6S/c1-4-45-36(42)32-33(25-9-6-5-7-10-25)39-37-40(34(32)26-11-8-12-28(21-26)43-2)35(41)31(47-37)20-24-15-18-29(30(19-24)44-3)46-22-23-13-16-27(38)17-14-23/h5-21,34H,4,22H2,1-3H3/b31-20-. The number of esters is 1. The molecule has 1 aliphatic rings. The van der Waals surface area contributed by atoms with E-state index in [1.165, 1.54) is 11.3 Å². The highest BCUT2D eigenvalue weighted by Crippen LogP contribution is 2.36. The zero-order valence-electron chi connectivity index (χ0n) is 25.9. The van der Waals surface area contributed by atoms with Gasteiger partial charge in [-0.2, -0.15) is 0 Å². The van der Waals surface area contributed by atoms with Crippen LogP contribution in [0.4, 0.5) is 0 Å². The molecule has 1 aromatic heterocycles. The number of carbonyl (C=O) groups is 1. The van der Waals surface area contributed by atoms with Crippen LogP contribution < -0.4 is 29.1 Å². The Kier molecular flexibility index (Phi) is 9.56. The summed E-state index contributed by atoms with van der Waals surface area (Å²) in [5, 5.41) is 0.657. The number of nitrogens with zero attached hydrogens (tertiary/aromatic N) is 2. The van der Waals surface area contributed by atoms with Gasteiger partial charge in [0.1, 0.15) is 12.4 Å². The van der Waals surface area contributed by atoms with E-state index < -0.39 is 12.0 Å². The number of thiazole rings is 1. The van der Waals surface area contributed by atoms with Crippen molar-refractivity contribution in [1.82, 2.24) is 4.57 Å². The van der Waals surface area contributed by atoms with Gasteiger partial charge in [0, 0.05) is 10.6 Å². The summed E-state index contributed by atoms with van der Waals surface area (Å²) in [6.45, 7) is 2.25. The number of rotatable bonds is 10. The van der Waals surface area contributed by atoms with Crippen LogP contribution in [0.3, 0.4) is 0 Å². The molecule has 0 N–H and O–H groups in total. The predicted molar refractivity (Wildman–Crippen MR) is 183 cm³/mol. The average Bonchev–Trinajstić information content (AvgIpc) is 3.41. The molecule has 0 radical (unpaired) electrons. The van der Waals surface area contributed by atoms with Gasteiger partial charge < -0.3 is 18.9 Å². The molecule has 0 aliphatic carbocycles. The van der Waals surface area contributed by atoms with Crippen LogP contribution >= 0.6 is 22.9 Å². The van der Waals surface area contributed by atoms with Crippen molar-refractivity contribution in [3.8, 4) is 17.2 Å². The summed E-state index contributed by atoms with van der Waals surface area (Å²) in [4.78, 5) is 33.3. The number of methoxy groups -OCH3 is 2. The molecule has 0 fully saturated rings. The normalized spacial score (nSPS) is 14.3. The first-order valence-electron chi connectivity index (χ1n) is 14.9.